The molecule has 0 aliphatic heterocycles. The summed E-state index contributed by atoms with van der Waals surface area (Å²) >= 11 is 5.19. The molecule has 0 spiro atoms. The van der Waals surface area contributed by atoms with Crippen LogP contribution in [0.25, 0.3) is 11.2 Å². The summed E-state index contributed by atoms with van der Waals surface area (Å²) in [6.45, 7) is 0. The van der Waals surface area contributed by atoms with Gasteiger partial charge in [-0.25, -0.2) is 4.98 Å². The normalized spacial score (nSPS) is 11.4. The molecule has 2 aromatic heterocycles. The van der Waals surface area contributed by atoms with Crippen LogP contribution in [-0.4, -0.2) is 26.0 Å². The zero-order valence-corrected chi connectivity index (χ0v) is 10.6. The zero-order chi connectivity index (χ0) is 13.2. The van der Waals surface area contributed by atoms with Crippen LogP contribution in [-0.2, 0) is 0 Å². The van der Waals surface area contributed by atoms with E-state index in [9.17, 15) is 5.11 Å². The fraction of sp³-hybridized carbons (Fsp3) is 0. The molecule has 0 bridgehead atoms. The smallest absolute Gasteiger partial charge is 0.200 e. The number of benzene rings is 1. The van der Waals surface area contributed by atoms with Crippen molar-refractivity contribution in [1.29, 1.82) is 0 Å². The van der Waals surface area contributed by atoms with Gasteiger partial charge >= 0.3 is 0 Å². The number of para-hydroxylation sites is 1. The first-order valence-electron chi connectivity index (χ1n) is 5.64. The number of nitrogens with one attached hydrogen (secondary N) is 1. The summed E-state index contributed by atoms with van der Waals surface area (Å²) in [5.74, 6) is 0.172. The van der Waals surface area contributed by atoms with Crippen molar-refractivity contribution < 1.29 is 5.11 Å². The number of H-pyrrole nitrogens is 1. The Kier molecular flexibility index (Phi) is 2.85. The van der Waals surface area contributed by atoms with Crippen molar-refractivity contribution in [3.8, 4) is 5.75 Å². The molecule has 3 aromatic rings. The molecule has 0 fully saturated rings. The Bertz CT molecular complexity index is 819. The highest BCUT2D eigenvalue weighted by Gasteiger charge is 2.03. The molecular formula is C13H10N4OS. The van der Waals surface area contributed by atoms with Gasteiger partial charge in [0, 0.05) is 11.8 Å². The molecule has 2 N–H and O–H groups in total. The lowest BCUT2D eigenvalue weighted by Gasteiger charge is -1.97. The van der Waals surface area contributed by atoms with Crippen molar-refractivity contribution in [2.75, 3.05) is 0 Å². The van der Waals surface area contributed by atoms with E-state index in [-0.39, 0.29) is 5.75 Å². The predicted octanol–water partition coefficient (Wildman–Crippen LogP) is 2.68. The molecule has 0 saturated heterocycles. The predicted molar refractivity (Wildman–Crippen MR) is 76.0 cm³/mol. The number of pyridine rings is 1. The third-order valence-electron chi connectivity index (χ3n) is 2.67. The van der Waals surface area contributed by atoms with Crippen molar-refractivity contribution >= 4 is 29.6 Å². The topological polar surface area (TPSA) is 66.2 Å². The number of phenols is 1. The summed E-state index contributed by atoms with van der Waals surface area (Å²) in [6, 6.07) is 10.7. The molecule has 0 unspecified atom stereocenters. The van der Waals surface area contributed by atoms with Gasteiger partial charge < -0.3 is 10.1 Å². The van der Waals surface area contributed by atoms with Gasteiger partial charge in [0.05, 0.1) is 11.7 Å². The van der Waals surface area contributed by atoms with E-state index in [4.69, 9.17) is 12.2 Å². The van der Waals surface area contributed by atoms with Crippen molar-refractivity contribution in [2.45, 2.75) is 0 Å². The molecule has 1 aromatic carbocycles. The van der Waals surface area contributed by atoms with Gasteiger partial charge in [0.25, 0.3) is 0 Å². The Balaban J connectivity index is 2.09. The quantitative estimate of drug-likeness (QED) is 0.556. The zero-order valence-electron chi connectivity index (χ0n) is 9.82. The van der Waals surface area contributed by atoms with Crippen LogP contribution in [0.3, 0.4) is 0 Å². The van der Waals surface area contributed by atoms with E-state index in [1.807, 2.05) is 18.2 Å². The largest absolute Gasteiger partial charge is 0.507 e. The number of aromatic amines is 1. The number of imidazole rings is 1. The molecule has 94 valence electrons. The minimum absolute atomic E-state index is 0.172. The maximum absolute atomic E-state index is 9.67. The van der Waals surface area contributed by atoms with E-state index in [1.54, 1.807) is 30.6 Å². The average molecular weight is 270 g/mol. The summed E-state index contributed by atoms with van der Waals surface area (Å²) in [6.07, 6.45) is 3.23. The van der Waals surface area contributed by atoms with Gasteiger partial charge in [-0.15, -0.1) is 0 Å². The number of phenolic OH excluding ortho intramolecular Hbond substituents is 1. The first-order valence-corrected chi connectivity index (χ1v) is 6.04. The fourth-order valence-electron chi connectivity index (χ4n) is 1.75. The van der Waals surface area contributed by atoms with E-state index in [2.05, 4.69) is 15.1 Å². The first kappa shape index (κ1) is 11.6. The second kappa shape index (κ2) is 4.66. The SMILES string of the molecule is Oc1ccccc1/C=N/n1c(=S)[nH]c2cccnc21. The molecule has 0 amide bonds. The van der Waals surface area contributed by atoms with E-state index in [0.717, 1.165) is 5.52 Å². The third-order valence-corrected chi connectivity index (χ3v) is 2.95. The van der Waals surface area contributed by atoms with Crippen molar-refractivity contribution in [3.63, 3.8) is 0 Å². The second-order valence-corrected chi connectivity index (χ2v) is 4.31. The molecule has 5 nitrogen and oxygen atoms in total. The van der Waals surface area contributed by atoms with Gasteiger partial charge in [-0.05, 0) is 36.5 Å². The standard InChI is InChI=1S/C13H10N4OS/c18-11-6-2-1-4-9(11)8-15-17-12-10(16-13(17)19)5-3-7-14-12/h1-8,18H,(H,16,19)/b15-8+. The van der Waals surface area contributed by atoms with Crippen LogP contribution >= 0.6 is 12.2 Å². The lowest BCUT2D eigenvalue weighted by atomic mass is 10.2. The monoisotopic (exact) mass is 270 g/mol. The second-order valence-electron chi connectivity index (χ2n) is 3.92. The highest BCUT2D eigenvalue weighted by atomic mass is 32.1. The van der Waals surface area contributed by atoms with Crippen LogP contribution in [0.2, 0.25) is 0 Å². The summed E-state index contributed by atoms with van der Waals surface area (Å²) in [7, 11) is 0. The van der Waals surface area contributed by atoms with E-state index in [0.29, 0.717) is 16.0 Å². The highest BCUT2D eigenvalue weighted by Crippen LogP contribution is 2.14. The summed E-state index contributed by atoms with van der Waals surface area (Å²) in [5.41, 5.74) is 2.09. The fourth-order valence-corrected chi connectivity index (χ4v) is 1.99. The van der Waals surface area contributed by atoms with Crippen molar-refractivity contribution in [2.24, 2.45) is 5.10 Å². The molecule has 0 atom stereocenters. The summed E-state index contributed by atoms with van der Waals surface area (Å²) in [4.78, 5) is 7.24. The molecule has 19 heavy (non-hydrogen) atoms. The van der Waals surface area contributed by atoms with Crippen molar-refractivity contribution in [3.05, 3.63) is 52.9 Å². The number of aromatic nitrogens is 3. The molecule has 2 heterocycles. The number of hydrogen-bond donors (Lipinski definition) is 2. The Labute approximate surface area is 113 Å². The number of hydrogen-bond acceptors (Lipinski definition) is 4. The summed E-state index contributed by atoms with van der Waals surface area (Å²) < 4.78 is 1.98. The summed E-state index contributed by atoms with van der Waals surface area (Å²) in [5, 5.41) is 13.9. The van der Waals surface area contributed by atoms with E-state index < -0.39 is 0 Å². The number of rotatable bonds is 2. The molecular weight excluding hydrogens is 260 g/mol. The van der Waals surface area contributed by atoms with Gasteiger partial charge in [0.15, 0.2) is 5.65 Å². The van der Waals surface area contributed by atoms with Gasteiger partial charge in [-0.3, -0.25) is 0 Å². The minimum Gasteiger partial charge on any atom is -0.507 e. The van der Waals surface area contributed by atoms with Crippen LogP contribution in [0.1, 0.15) is 5.56 Å². The third kappa shape index (κ3) is 2.13. The highest BCUT2D eigenvalue weighted by molar-refractivity contribution is 7.71. The van der Waals surface area contributed by atoms with Gasteiger partial charge in [-0.2, -0.15) is 9.78 Å². The molecule has 6 heteroatoms. The molecule has 0 aliphatic carbocycles. The first-order chi connectivity index (χ1) is 9.25. The number of fused-ring (bicyclic) bond motifs is 1. The Morgan fingerprint density at radius 3 is 2.95 bits per heavy atom. The number of aromatic hydroxyl groups is 1. The maximum Gasteiger partial charge on any atom is 0.200 e. The molecule has 0 radical (unpaired) electrons. The minimum atomic E-state index is 0.172. The molecule has 0 aliphatic rings. The van der Waals surface area contributed by atoms with E-state index >= 15 is 0 Å². The molecule has 0 saturated carbocycles. The van der Waals surface area contributed by atoms with Crippen LogP contribution in [0, 0.1) is 4.77 Å². The van der Waals surface area contributed by atoms with Crippen molar-refractivity contribution in [1.82, 2.24) is 14.6 Å². The Hall–Kier alpha value is -2.47. The number of nitrogens with zero attached hydrogens (tertiary/aromatic N) is 3. The van der Waals surface area contributed by atoms with E-state index in [1.165, 1.54) is 4.68 Å². The lowest BCUT2D eigenvalue weighted by molar-refractivity contribution is 0.474. The average Bonchev–Trinajstić information content (AvgIpc) is 2.74. The lowest BCUT2D eigenvalue weighted by Crippen LogP contribution is -1.92. The van der Waals surface area contributed by atoms with Crippen LogP contribution in [0.5, 0.6) is 5.75 Å². The Morgan fingerprint density at radius 1 is 1.26 bits per heavy atom. The van der Waals surface area contributed by atoms with Crippen LogP contribution < -0.4 is 0 Å². The van der Waals surface area contributed by atoms with Crippen LogP contribution in [0.15, 0.2) is 47.7 Å². The van der Waals surface area contributed by atoms with Gasteiger partial charge in [0.1, 0.15) is 5.75 Å². The molecule has 3 rings (SSSR count). The Morgan fingerprint density at radius 2 is 2.11 bits per heavy atom. The van der Waals surface area contributed by atoms with Gasteiger partial charge in [-0.1, -0.05) is 12.1 Å². The van der Waals surface area contributed by atoms with Gasteiger partial charge in [0.2, 0.25) is 4.77 Å². The maximum atomic E-state index is 9.67. The van der Waals surface area contributed by atoms with Crippen LogP contribution in [0.4, 0.5) is 0 Å².